The predicted octanol–water partition coefficient (Wildman–Crippen LogP) is 6.99. The van der Waals surface area contributed by atoms with Crippen LogP contribution in [0.5, 0.6) is 0 Å². The van der Waals surface area contributed by atoms with E-state index in [0.29, 0.717) is 34.7 Å². The Hall–Kier alpha value is -3.87. The SMILES string of the molecule is C=S(=O)(c1ccc(Cl)nc1)N(C1CC1)[C@H]1CCC2=Cc3c(cnn3-c3ccc(F)cc3)C[C@]2(C(=O)c2cc(C(F)(F)F)ccn2)C1. The van der Waals surface area contributed by atoms with Crippen molar-refractivity contribution in [2.24, 2.45) is 5.41 Å². The molecular formula is C33H28ClF4N5O2S. The molecule has 7 rings (SSSR count). The van der Waals surface area contributed by atoms with Crippen molar-refractivity contribution in [1.82, 2.24) is 24.1 Å². The van der Waals surface area contributed by atoms with Gasteiger partial charge in [0.2, 0.25) is 0 Å². The van der Waals surface area contributed by atoms with E-state index in [1.165, 1.54) is 18.3 Å². The number of halogens is 5. The molecule has 0 bridgehead atoms. The molecule has 3 aromatic heterocycles. The van der Waals surface area contributed by atoms with Crippen LogP contribution in [-0.2, 0) is 22.3 Å². The number of carbonyl (C=O) groups excluding carboxylic acids is 1. The Morgan fingerprint density at radius 3 is 2.48 bits per heavy atom. The fraction of sp³-hybridized carbons (Fsp3) is 0.303. The summed E-state index contributed by atoms with van der Waals surface area (Å²) in [5.74, 6) is 3.22. The number of alkyl halides is 3. The second kappa shape index (κ2) is 11.1. The normalized spacial score (nSPS) is 22.5. The summed E-state index contributed by atoms with van der Waals surface area (Å²) in [6, 6.07) is 10.3. The smallest absolute Gasteiger partial charge is 0.291 e. The number of hydrogen-bond donors (Lipinski definition) is 0. The molecule has 3 aliphatic rings. The molecule has 2 fully saturated rings. The van der Waals surface area contributed by atoms with Gasteiger partial charge < -0.3 is 0 Å². The van der Waals surface area contributed by atoms with E-state index in [1.807, 2.05) is 10.4 Å². The molecule has 3 aliphatic carbocycles. The van der Waals surface area contributed by atoms with E-state index in [0.717, 1.165) is 36.7 Å². The predicted molar refractivity (Wildman–Crippen MR) is 166 cm³/mol. The average Bonchev–Trinajstić information content (AvgIpc) is 3.78. The van der Waals surface area contributed by atoms with Gasteiger partial charge in [0, 0.05) is 24.5 Å². The highest BCUT2D eigenvalue weighted by atomic mass is 35.5. The number of Topliss-reactive ketones (excluding diaryl/α,β-unsaturated/α-hetero) is 1. The van der Waals surface area contributed by atoms with Crippen LogP contribution < -0.4 is 0 Å². The molecule has 0 spiro atoms. The lowest BCUT2D eigenvalue weighted by Crippen LogP contribution is -2.51. The molecule has 13 heteroatoms. The molecule has 7 nitrogen and oxygen atoms in total. The zero-order valence-electron chi connectivity index (χ0n) is 24.4. The van der Waals surface area contributed by atoms with Crippen molar-refractivity contribution in [2.75, 3.05) is 0 Å². The number of rotatable bonds is 7. The molecule has 0 saturated heterocycles. The Morgan fingerprint density at radius 2 is 1.80 bits per heavy atom. The zero-order chi connectivity index (χ0) is 32.4. The number of nitrogens with zero attached hydrogens (tertiary/aromatic N) is 5. The Balaban J connectivity index is 1.33. The van der Waals surface area contributed by atoms with Gasteiger partial charge in [0.1, 0.15) is 16.7 Å². The van der Waals surface area contributed by atoms with Crippen molar-refractivity contribution in [1.29, 1.82) is 0 Å². The fourth-order valence-corrected chi connectivity index (χ4v) is 9.05. The first-order valence-corrected chi connectivity index (χ1v) is 16.8. The second-order valence-electron chi connectivity index (χ2n) is 12.1. The first kappa shape index (κ1) is 30.8. The van der Waals surface area contributed by atoms with Crippen molar-refractivity contribution in [2.45, 2.75) is 61.7 Å². The summed E-state index contributed by atoms with van der Waals surface area (Å²) in [7, 11) is -3.06. The quantitative estimate of drug-likeness (QED) is 0.0918. The fourth-order valence-electron chi connectivity index (χ4n) is 6.85. The summed E-state index contributed by atoms with van der Waals surface area (Å²) >= 11 is 6.00. The van der Waals surface area contributed by atoms with Gasteiger partial charge in [-0.2, -0.15) is 18.3 Å². The largest absolute Gasteiger partial charge is 0.416 e. The molecule has 1 unspecified atom stereocenters. The summed E-state index contributed by atoms with van der Waals surface area (Å²) in [6.45, 7) is 0. The number of benzene rings is 1. The van der Waals surface area contributed by atoms with Crippen molar-refractivity contribution in [3.8, 4) is 5.69 Å². The van der Waals surface area contributed by atoms with Crippen LogP contribution in [0.3, 0.4) is 0 Å². The molecule has 46 heavy (non-hydrogen) atoms. The van der Waals surface area contributed by atoms with Crippen molar-refractivity contribution in [3.63, 3.8) is 0 Å². The first-order valence-electron chi connectivity index (χ1n) is 14.8. The Bertz CT molecular complexity index is 1970. The number of pyridine rings is 2. The minimum Gasteiger partial charge on any atom is -0.291 e. The number of ketones is 1. The highest BCUT2D eigenvalue weighted by molar-refractivity contribution is 7.98. The molecule has 2 saturated carbocycles. The highest BCUT2D eigenvalue weighted by Gasteiger charge is 2.53. The molecule has 0 radical (unpaired) electrons. The van der Waals surface area contributed by atoms with Crippen LogP contribution in [0.25, 0.3) is 11.8 Å². The van der Waals surface area contributed by atoms with Crippen LogP contribution in [0.4, 0.5) is 17.6 Å². The third kappa shape index (κ3) is 5.35. The molecule has 238 valence electrons. The summed E-state index contributed by atoms with van der Waals surface area (Å²) in [5, 5.41) is 4.79. The van der Waals surface area contributed by atoms with Gasteiger partial charge in [0.15, 0.2) is 5.78 Å². The molecule has 3 heterocycles. The van der Waals surface area contributed by atoms with Gasteiger partial charge in [0.25, 0.3) is 0 Å². The van der Waals surface area contributed by atoms with Gasteiger partial charge in [0.05, 0.1) is 43.2 Å². The minimum absolute atomic E-state index is 0.0320. The average molecular weight is 670 g/mol. The maximum atomic E-state index is 14.6. The summed E-state index contributed by atoms with van der Waals surface area (Å²) in [5.41, 5.74) is 0.271. The van der Waals surface area contributed by atoms with Crippen molar-refractivity contribution >= 4 is 39.0 Å². The second-order valence-corrected chi connectivity index (χ2v) is 14.6. The number of fused-ring (bicyclic) bond motifs is 2. The molecule has 0 amide bonds. The molecule has 4 aromatic rings. The van der Waals surface area contributed by atoms with Crippen LogP contribution in [-0.4, -0.2) is 52.0 Å². The van der Waals surface area contributed by atoms with E-state index in [4.69, 9.17) is 11.6 Å². The van der Waals surface area contributed by atoms with Gasteiger partial charge in [-0.15, -0.1) is 0 Å². The topological polar surface area (TPSA) is 81.0 Å². The van der Waals surface area contributed by atoms with E-state index in [9.17, 15) is 26.6 Å². The Kier molecular flexibility index (Phi) is 7.45. The number of hydrogen-bond acceptors (Lipinski definition) is 5. The maximum absolute atomic E-state index is 14.6. The standard InChI is InChI=1S/C33H28ClF4N5O2S/c1-46(45,27-10-11-30(34)40-19-27)43(25-8-9-25)26-5-2-21-15-29-20(18-41-42(29)24-6-3-23(35)4-7-24)16-32(21,17-26)31(44)28-14-22(12-13-39-28)33(36,37)38/h3-4,6-7,10-15,18-19,25-26H,1-2,5,8-9,16-17H2/t26-,32-,46?/m0/s1. The summed E-state index contributed by atoms with van der Waals surface area (Å²) in [4.78, 5) is 23.2. The lowest BCUT2D eigenvalue weighted by Gasteiger charge is -2.47. The monoisotopic (exact) mass is 669 g/mol. The zero-order valence-corrected chi connectivity index (χ0v) is 26.0. The van der Waals surface area contributed by atoms with Crippen LogP contribution >= 0.6 is 11.6 Å². The van der Waals surface area contributed by atoms with Gasteiger partial charge in [-0.25, -0.2) is 22.6 Å². The molecule has 0 aliphatic heterocycles. The lowest BCUT2D eigenvalue weighted by molar-refractivity contribution is -0.137. The van der Waals surface area contributed by atoms with E-state index in [2.05, 4.69) is 20.9 Å². The van der Waals surface area contributed by atoms with Crippen LogP contribution in [0.2, 0.25) is 5.15 Å². The highest BCUT2D eigenvalue weighted by Crippen LogP contribution is 2.53. The number of allylic oxidation sites excluding steroid dienone is 1. The summed E-state index contributed by atoms with van der Waals surface area (Å²) in [6.07, 6.45) is 4.22. The summed E-state index contributed by atoms with van der Waals surface area (Å²) < 4.78 is 72.9. The van der Waals surface area contributed by atoms with Gasteiger partial charge in [-0.3, -0.25) is 9.78 Å². The van der Waals surface area contributed by atoms with Crippen LogP contribution in [0.1, 0.15) is 59.4 Å². The van der Waals surface area contributed by atoms with Gasteiger partial charge >= 0.3 is 6.18 Å². The van der Waals surface area contributed by atoms with Crippen LogP contribution in [0, 0.1) is 11.2 Å². The molecular weight excluding hydrogens is 642 g/mol. The Morgan fingerprint density at radius 1 is 1.04 bits per heavy atom. The molecule has 0 N–H and O–H groups in total. The Labute approximate surface area is 268 Å². The maximum Gasteiger partial charge on any atom is 0.416 e. The third-order valence-corrected chi connectivity index (χ3v) is 11.6. The number of aromatic nitrogens is 4. The molecule has 3 atom stereocenters. The van der Waals surface area contributed by atoms with Crippen LogP contribution in [0.15, 0.2) is 77.6 Å². The number of carbonyl (C=O) groups is 1. The van der Waals surface area contributed by atoms with E-state index in [1.54, 1.807) is 35.1 Å². The van der Waals surface area contributed by atoms with Gasteiger partial charge in [-0.05, 0) is 105 Å². The van der Waals surface area contributed by atoms with Crippen molar-refractivity contribution in [3.05, 3.63) is 106 Å². The lowest BCUT2D eigenvalue weighted by atomic mass is 9.60. The molecule has 1 aromatic carbocycles. The third-order valence-electron chi connectivity index (χ3n) is 9.14. The van der Waals surface area contributed by atoms with Crippen molar-refractivity contribution < 1.29 is 26.6 Å². The van der Waals surface area contributed by atoms with E-state index >= 15 is 0 Å². The first-order chi connectivity index (χ1) is 21.9. The van der Waals surface area contributed by atoms with E-state index < -0.39 is 38.5 Å². The van der Waals surface area contributed by atoms with Gasteiger partial charge in [-0.1, -0.05) is 17.2 Å². The minimum atomic E-state index is -4.66. The van der Waals surface area contributed by atoms with E-state index in [-0.39, 0.29) is 35.8 Å².